The molecule has 1 unspecified atom stereocenters. The number of hydrogen-bond acceptors (Lipinski definition) is 2. The largest absolute Gasteiger partial charge is 0.281 e. The molecule has 2 heterocycles. The first kappa shape index (κ1) is 10.2. The zero-order chi connectivity index (χ0) is 11.7. The third-order valence-electron chi connectivity index (χ3n) is 3.24. The molecule has 0 N–H and O–H groups in total. The van der Waals surface area contributed by atoms with E-state index in [-0.39, 0.29) is 6.04 Å². The molecule has 1 aromatic heterocycles. The molecule has 17 heavy (non-hydrogen) atoms. The number of pyridine rings is 1. The Balaban J connectivity index is 2.02. The highest BCUT2D eigenvalue weighted by Crippen LogP contribution is 2.28. The standard InChI is InChI=1S/C15H14N2/c1-11-14-7-3-2-5-12(14)9-15(17-11)13-6-4-8-16-10-13/h2-8,10,15H,9H2,1H3. The van der Waals surface area contributed by atoms with Gasteiger partial charge in [-0.3, -0.25) is 9.98 Å². The number of rotatable bonds is 1. The minimum absolute atomic E-state index is 0.221. The molecule has 1 atom stereocenters. The van der Waals surface area contributed by atoms with Crippen molar-refractivity contribution in [3.63, 3.8) is 0 Å². The van der Waals surface area contributed by atoms with Gasteiger partial charge < -0.3 is 0 Å². The predicted molar refractivity (Wildman–Crippen MR) is 69.3 cm³/mol. The molecule has 2 nitrogen and oxygen atoms in total. The summed E-state index contributed by atoms with van der Waals surface area (Å²) in [5.74, 6) is 0. The van der Waals surface area contributed by atoms with Crippen LogP contribution >= 0.6 is 0 Å². The second-order valence-corrected chi connectivity index (χ2v) is 4.38. The highest BCUT2D eigenvalue weighted by molar-refractivity contribution is 6.00. The second-order valence-electron chi connectivity index (χ2n) is 4.38. The summed E-state index contributed by atoms with van der Waals surface area (Å²) < 4.78 is 0. The van der Waals surface area contributed by atoms with Crippen molar-refractivity contribution in [3.8, 4) is 0 Å². The molecule has 0 saturated heterocycles. The molecule has 0 spiro atoms. The number of aliphatic imine (C=N–C) groups is 1. The Morgan fingerprint density at radius 2 is 2.00 bits per heavy atom. The summed E-state index contributed by atoms with van der Waals surface area (Å²) in [4.78, 5) is 8.94. The van der Waals surface area contributed by atoms with Gasteiger partial charge in [0.25, 0.3) is 0 Å². The first-order chi connectivity index (χ1) is 8.34. The molecule has 1 aliphatic rings. The molecule has 0 bridgehead atoms. The first-order valence-corrected chi connectivity index (χ1v) is 5.87. The number of benzene rings is 1. The normalized spacial score (nSPS) is 18.4. The number of nitrogens with zero attached hydrogens (tertiary/aromatic N) is 2. The summed E-state index contributed by atoms with van der Waals surface area (Å²) in [7, 11) is 0. The molecular formula is C15H14N2. The van der Waals surface area contributed by atoms with Gasteiger partial charge in [0.15, 0.2) is 0 Å². The Hall–Kier alpha value is -1.96. The van der Waals surface area contributed by atoms with Crippen LogP contribution in [0.5, 0.6) is 0 Å². The van der Waals surface area contributed by atoms with Gasteiger partial charge in [0.2, 0.25) is 0 Å². The molecule has 0 radical (unpaired) electrons. The molecular weight excluding hydrogens is 208 g/mol. The van der Waals surface area contributed by atoms with E-state index >= 15 is 0 Å². The lowest BCUT2D eigenvalue weighted by molar-refractivity contribution is 0.707. The lowest BCUT2D eigenvalue weighted by Crippen LogP contribution is -2.13. The monoisotopic (exact) mass is 222 g/mol. The van der Waals surface area contributed by atoms with Gasteiger partial charge in [-0.15, -0.1) is 0 Å². The summed E-state index contributed by atoms with van der Waals surface area (Å²) in [6, 6.07) is 12.8. The van der Waals surface area contributed by atoms with Crippen LogP contribution in [-0.4, -0.2) is 10.7 Å². The average Bonchev–Trinajstić information content (AvgIpc) is 2.40. The topological polar surface area (TPSA) is 25.2 Å². The minimum Gasteiger partial charge on any atom is -0.281 e. The fourth-order valence-electron chi connectivity index (χ4n) is 2.37. The lowest BCUT2D eigenvalue weighted by atomic mass is 9.91. The predicted octanol–water partition coefficient (Wildman–Crippen LogP) is 3.19. The van der Waals surface area contributed by atoms with E-state index in [4.69, 9.17) is 4.99 Å². The zero-order valence-electron chi connectivity index (χ0n) is 9.80. The van der Waals surface area contributed by atoms with Crippen LogP contribution in [0.4, 0.5) is 0 Å². The third kappa shape index (κ3) is 1.86. The van der Waals surface area contributed by atoms with Crippen LogP contribution in [0.25, 0.3) is 0 Å². The van der Waals surface area contributed by atoms with Crippen molar-refractivity contribution in [3.05, 3.63) is 65.5 Å². The second kappa shape index (κ2) is 4.13. The average molecular weight is 222 g/mol. The van der Waals surface area contributed by atoms with E-state index in [2.05, 4.69) is 42.2 Å². The molecule has 1 aliphatic heterocycles. The molecule has 3 rings (SSSR count). The maximum Gasteiger partial charge on any atom is 0.0807 e. The van der Waals surface area contributed by atoms with Gasteiger partial charge >= 0.3 is 0 Å². The zero-order valence-corrected chi connectivity index (χ0v) is 9.80. The van der Waals surface area contributed by atoms with Gasteiger partial charge in [0.1, 0.15) is 0 Å². The van der Waals surface area contributed by atoms with Gasteiger partial charge in [0.05, 0.1) is 6.04 Å². The molecule has 1 aromatic carbocycles. The highest BCUT2D eigenvalue weighted by atomic mass is 14.8. The molecule has 0 amide bonds. The molecule has 0 aliphatic carbocycles. The van der Waals surface area contributed by atoms with Crippen molar-refractivity contribution in [2.45, 2.75) is 19.4 Å². The number of fused-ring (bicyclic) bond motifs is 1. The van der Waals surface area contributed by atoms with Crippen molar-refractivity contribution in [2.75, 3.05) is 0 Å². The summed E-state index contributed by atoms with van der Waals surface area (Å²) in [6.07, 6.45) is 4.69. The van der Waals surface area contributed by atoms with Crippen molar-refractivity contribution < 1.29 is 0 Å². The summed E-state index contributed by atoms with van der Waals surface area (Å²) in [5, 5.41) is 0. The van der Waals surface area contributed by atoms with E-state index in [0.29, 0.717) is 0 Å². The molecule has 0 fully saturated rings. The van der Waals surface area contributed by atoms with E-state index < -0.39 is 0 Å². The fraction of sp³-hybridized carbons (Fsp3) is 0.200. The Morgan fingerprint density at radius 3 is 2.82 bits per heavy atom. The SMILES string of the molecule is CC1=NC(c2cccnc2)Cc2ccccc21. The van der Waals surface area contributed by atoms with E-state index in [0.717, 1.165) is 12.1 Å². The van der Waals surface area contributed by atoms with Crippen molar-refractivity contribution >= 4 is 5.71 Å². The van der Waals surface area contributed by atoms with Gasteiger partial charge in [-0.25, -0.2) is 0 Å². The van der Waals surface area contributed by atoms with Crippen LogP contribution in [0.15, 0.2) is 53.8 Å². The van der Waals surface area contributed by atoms with Crippen LogP contribution in [-0.2, 0) is 6.42 Å². The van der Waals surface area contributed by atoms with E-state index in [1.54, 1.807) is 6.20 Å². The summed E-state index contributed by atoms with van der Waals surface area (Å²) in [6.45, 7) is 2.08. The smallest absolute Gasteiger partial charge is 0.0807 e. The molecule has 0 saturated carbocycles. The van der Waals surface area contributed by atoms with Crippen molar-refractivity contribution in [2.24, 2.45) is 4.99 Å². The van der Waals surface area contributed by atoms with Crippen molar-refractivity contribution in [1.82, 2.24) is 4.98 Å². The Morgan fingerprint density at radius 1 is 1.12 bits per heavy atom. The minimum atomic E-state index is 0.221. The van der Waals surface area contributed by atoms with Gasteiger partial charge in [-0.2, -0.15) is 0 Å². The molecule has 2 aromatic rings. The summed E-state index contributed by atoms with van der Waals surface area (Å²) >= 11 is 0. The lowest BCUT2D eigenvalue weighted by Gasteiger charge is -2.21. The van der Waals surface area contributed by atoms with Crippen LogP contribution < -0.4 is 0 Å². The number of hydrogen-bond donors (Lipinski definition) is 0. The van der Waals surface area contributed by atoms with Gasteiger partial charge in [-0.05, 0) is 36.1 Å². The van der Waals surface area contributed by atoms with Gasteiger partial charge in [-0.1, -0.05) is 30.3 Å². The van der Waals surface area contributed by atoms with E-state index in [9.17, 15) is 0 Å². The first-order valence-electron chi connectivity index (χ1n) is 5.87. The van der Waals surface area contributed by atoms with Gasteiger partial charge in [0, 0.05) is 18.1 Å². The maximum atomic E-state index is 4.77. The number of aromatic nitrogens is 1. The maximum absolute atomic E-state index is 4.77. The van der Waals surface area contributed by atoms with Crippen molar-refractivity contribution in [1.29, 1.82) is 0 Å². The fourth-order valence-corrected chi connectivity index (χ4v) is 2.37. The van der Waals surface area contributed by atoms with Crippen LogP contribution in [0.3, 0.4) is 0 Å². The van der Waals surface area contributed by atoms with Crippen LogP contribution in [0.1, 0.15) is 29.7 Å². The molecule has 84 valence electrons. The van der Waals surface area contributed by atoms with E-state index in [1.165, 1.54) is 16.7 Å². The Labute approximate surface area is 101 Å². The summed E-state index contributed by atoms with van der Waals surface area (Å²) in [5.41, 5.74) is 4.99. The third-order valence-corrected chi connectivity index (χ3v) is 3.24. The Kier molecular flexibility index (Phi) is 2.48. The van der Waals surface area contributed by atoms with Crippen LogP contribution in [0, 0.1) is 0 Å². The van der Waals surface area contributed by atoms with E-state index in [1.807, 2.05) is 12.3 Å². The quantitative estimate of drug-likeness (QED) is 0.727. The molecule has 2 heteroatoms. The highest BCUT2D eigenvalue weighted by Gasteiger charge is 2.19. The Bertz CT molecular complexity index is 558. The van der Waals surface area contributed by atoms with Crippen LogP contribution in [0.2, 0.25) is 0 Å².